The summed E-state index contributed by atoms with van der Waals surface area (Å²) in [5.41, 5.74) is 1.39. The van der Waals surface area contributed by atoms with E-state index in [2.05, 4.69) is 22.0 Å². The molecule has 1 fully saturated rings. The molecule has 0 saturated carbocycles. The Bertz CT molecular complexity index is 434. The molecule has 0 radical (unpaired) electrons. The summed E-state index contributed by atoms with van der Waals surface area (Å²) in [5.74, 6) is 0. The fourth-order valence-corrected chi connectivity index (χ4v) is 2.28. The highest BCUT2D eigenvalue weighted by Gasteiger charge is 2.29. The molecule has 16 heavy (non-hydrogen) atoms. The Labute approximate surface area is 102 Å². The smallest absolute Gasteiger partial charge is 0.0992 e. The van der Waals surface area contributed by atoms with Crippen molar-refractivity contribution in [2.45, 2.75) is 12.2 Å². The van der Waals surface area contributed by atoms with Crippen molar-refractivity contribution in [1.82, 2.24) is 0 Å². The average molecular weight is 283 g/mol. The third-order valence-corrected chi connectivity index (χ3v) is 3.09. The summed E-state index contributed by atoms with van der Waals surface area (Å²) in [4.78, 5) is 1.86. The third kappa shape index (κ3) is 2.19. The van der Waals surface area contributed by atoms with Crippen LogP contribution in [0, 0.1) is 11.3 Å². The molecular weight excluding hydrogens is 272 g/mol. The quantitative estimate of drug-likeness (QED) is 0.802. The molecule has 2 atom stereocenters. The summed E-state index contributed by atoms with van der Waals surface area (Å²) in [7, 11) is 0. The van der Waals surface area contributed by atoms with Crippen LogP contribution in [0.5, 0.6) is 0 Å². The topological polar surface area (TPSA) is 67.5 Å². The van der Waals surface area contributed by atoms with Gasteiger partial charge in [0.25, 0.3) is 0 Å². The maximum Gasteiger partial charge on any atom is 0.0992 e. The number of rotatable bonds is 1. The number of hydrogen-bond donors (Lipinski definition) is 2. The minimum absolute atomic E-state index is 0.391. The number of hydrogen-bond acceptors (Lipinski definition) is 4. The predicted octanol–water partition coefficient (Wildman–Crippen LogP) is 0.863. The molecule has 4 nitrogen and oxygen atoms in total. The lowest BCUT2D eigenvalue weighted by molar-refractivity contribution is 0.0572. The van der Waals surface area contributed by atoms with Crippen LogP contribution in [-0.4, -0.2) is 35.5 Å². The van der Waals surface area contributed by atoms with E-state index in [1.807, 2.05) is 11.0 Å². The van der Waals surface area contributed by atoms with Crippen LogP contribution in [0.2, 0.25) is 0 Å². The molecule has 2 N–H and O–H groups in total. The van der Waals surface area contributed by atoms with Crippen LogP contribution in [-0.2, 0) is 0 Å². The van der Waals surface area contributed by atoms with Gasteiger partial charge in [0, 0.05) is 23.2 Å². The highest BCUT2D eigenvalue weighted by molar-refractivity contribution is 9.10. The Morgan fingerprint density at radius 3 is 2.44 bits per heavy atom. The molecule has 84 valence electrons. The van der Waals surface area contributed by atoms with Gasteiger partial charge in [-0.1, -0.05) is 15.9 Å². The van der Waals surface area contributed by atoms with E-state index in [-0.39, 0.29) is 0 Å². The van der Waals surface area contributed by atoms with E-state index in [1.165, 1.54) is 0 Å². The molecule has 1 aromatic rings. The molecule has 0 aromatic heterocycles. The summed E-state index contributed by atoms with van der Waals surface area (Å²) in [5, 5.41) is 27.8. The highest BCUT2D eigenvalue weighted by Crippen LogP contribution is 2.25. The highest BCUT2D eigenvalue weighted by atomic mass is 79.9. The van der Waals surface area contributed by atoms with Crippen molar-refractivity contribution in [3.05, 3.63) is 28.2 Å². The largest absolute Gasteiger partial charge is 0.389 e. The first-order valence-corrected chi connectivity index (χ1v) is 5.71. The van der Waals surface area contributed by atoms with Crippen LogP contribution in [0.3, 0.4) is 0 Å². The molecule has 5 heteroatoms. The monoisotopic (exact) mass is 282 g/mol. The molecule has 1 aliphatic heterocycles. The number of halogens is 1. The molecule has 0 bridgehead atoms. The number of nitrogens with zero attached hydrogens (tertiary/aromatic N) is 2. The SMILES string of the molecule is N#Cc1cc(Br)cc(N2CC(O)C(O)C2)c1. The average Bonchev–Trinajstić information content (AvgIpc) is 2.58. The summed E-state index contributed by atoms with van der Waals surface area (Å²) in [6, 6.07) is 7.41. The van der Waals surface area contributed by atoms with E-state index < -0.39 is 12.2 Å². The number of benzene rings is 1. The van der Waals surface area contributed by atoms with Crippen molar-refractivity contribution in [3.63, 3.8) is 0 Å². The van der Waals surface area contributed by atoms with Crippen molar-refractivity contribution in [1.29, 1.82) is 5.26 Å². The zero-order chi connectivity index (χ0) is 11.7. The Kier molecular flexibility index (Phi) is 3.15. The lowest BCUT2D eigenvalue weighted by atomic mass is 10.2. The van der Waals surface area contributed by atoms with Gasteiger partial charge in [0.1, 0.15) is 0 Å². The van der Waals surface area contributed by atoms with Crippen LogP contribution in [0.1, 0.15) is 5.56 Å². The van der Waals surface area contributed by atoms with E-state index in [9.17, 15) is 10.2 Å². The van der Waals surface area contributed by atoms with E-state index in [1.54, 1.807) is 12.1 Å². The molecule has 1 aliphatic rings. The van der Waals surface area contributed by atoms with Gasteiger partial charge in [-0.3, -0.25) is 0 Å². The number of β-amino-alcohol motifs (C(OH)–C–C–N with tert-alkyl or cyclic N) is 2. The fraction of sp³-hybridized carbons (Fsp3) is 0.364. The van der Waals surface area contributed by atoms with Gasteiger partial charge in [0.05, 0.1) is 23.8 Å². The van der Waals surface area contributed by atoms with Crippen molar-refractivity contribution >= 4 is 21.6 Å². The molecule has 1 heterocycles. The maximum atomic E-state index is 9.46. The zero-order valence-corrected chi connectivity index (χ0v) is 10.1. The van der Waals surface area contributed by atoms with E-state index in [0.717, 1.165) is 10.2 Å². The molecular formula is C11H11BrN2O2. The van der Waals surface area contributed by atoms with Crippen LogP contribution in [0.25, 0.3) is 0 Å². The molecule has 2 unspecified atom stereocenters. The van der Waals surface area contributed by atoms with Crippen molar-refractivity contribution in [3.8, 4) is 6.07 Å². The zero-order valence-electron chi connectivity index (χ0n) is 8.47. The number of anilines is 1. The Morgan fingerprint density at radius 1 is 1.25 bits per heavy atom. The van der Waals surface area contributed by atoms with Crippen LogP contribution in [0.4, 0.5) is 5.69 Å². The van der Waals surface area contributed by atoms with Gasteiger partial charge in [-0.2, -0.15) is 5.26 Å². The van der Waals surface area contributed by atoms with Gasteiger partial charge in [0.15, 0.2) is 0 Å². The van der Waals surface area contributed by atoms with Gasteiger partial charge in [0.2, 0.25) is 0 Å². The van der Waals surface area contributed by atoms with Gasteiger partial charge in [-0.25, -0.2) is 0 Å². The summed E-state index contributed by atoms with van der Waals surface area (Å²) in [6.45, 7) is 0.783. The summed E-state index contributed by atoms with van der Waals surface area (Å²) >= 11 is 3.33. The minimum atomic E-state index is -0.718. The summed E-state index contributed by atoms with van der Waals surface area (Å²) in [6.07, 6.45) is -1.44. The second kappa shape index (κ2) is 4.42. The van der Waals surface area contributed by atoms with Crippen LogP contribution in [0.15, 0.2) is 22.7 Å². The second-order valence-corrected chi connectivity index (χ2v) is 4.77. The molecule has 0 spiro atoms. The Hall–Kier alpha value is -1.09. The minimum Gasteiger partial charge on any atom is -0.389 e. The van der Waals surface area contributed by atoms with E-state index >= 15 is 0 Å². The molecule has 1 aromatic carbocycles. The first-order valence-electron chi connectivity index (χ1n) is 4.92. The number of nitriles is 1. The maximum absolute atomic E-state index is 9.46. The first-order chi connectivity index (χ1) is 7.60. The third-order valence-electron chi connectivity index (χ3n) is 2.64. The lowest BCUT2D eigenvalue weighted by Gasteiger charge is -2.18. The first kappa shape index (κ1) is 11.4. The fourth-order valence-electron chi connectivity index (χ4n) is 1.80. The van der Waals surface area contributed by atoms with Gasteiger partial charge < -0.3 is 15.1 Å². The van der Waals surface area contributed by atoms with Crippen molar-refractivity contribution in [2.24, 2.45) is 0 Å². The van der Waals surface area contributed by atoms with Gasteiger partial charge >= 0.3 is 0 Å². The standard InChI is InChI=1S/C11H11BrN2O2/c12-8-1-7(4-13)2-9(3-8)14-5-10(15)11(16)6-14/h1-3,10-11,15-16H,5-6H2. The summed E-state index contributed by atoms with van der Waals surface area (Å²) < 4.78 is 0.817. The van der Waals surface area contributed by atoms with Crippen LogP contribution >= 0.6 is 15.9 Å². The number of aliphatic hydroxyl groups excluding tert-OH is 2. The Morgan fingerprint density at radius 2 is 1.88 bits per heavy atom. The van der Waals surface area contributed by atoms with Gasteiger partial charge in [-0.15, -0.1) is 0 Å². The van der Waals surface area contributed by atoms with Gasteiger partial charge in [-0.05, 0) is 18.2 Å². The van der Waals surface area contributed by atoms with Crippen LogP contribution < -0.4 is 4.90 Å². The van der Waals surface area contributed by atoms with E-state index in [4.69, 9.17) is 5.26 Å². The Balaban J connectivity index is 2.28. The molecule has 1 saturated heterocycles. The van der Waals surface area contributed by atoms with Crippen molar-refractivity contribution in [2.75, 3.05) is 18.0 Å². The van der Waals surface area contributed by atoms with E-state index in [0.29, 0.717) is 18.7 Å². The normalized spacial score (nSPS) is 24.5. The second-order valence-electron chi connectivity index (χ2n) is 3.85. The predicted molar refractivity (Wildman–Crippen MR) is 63.1 cm³/mol. The van der Waals surface area contributed by atoms with Crippen molar-refractivity contribution < 1.29 is 10.2 Å². The molecule has 2 rings (SSSR count). The molecule has 0 aliphatic carbocycles. The number of aliphatic hydroxyl groups is 2. The lowest BCUT2D eigenvalue weighted by Crippen LogP contribution is -2.22. The molecule has 0 amide bonds.